The predicted octanol–water partition coefficient (Wildman–Crippen LogP) is 4.38. The van der Waals surface area contributed by atoms with Gasteiger partial charge in [-0.25, -0.2) is 4.39 Å². The molecule has 0 saturated heterocycles. The Morgan fingerprint density at radius 2 is 2.00 bits per heavy atom. The van der Waals surface area contributed by atoms with E-state index in [-0.39, 0.29) is 23.3 Å². The average molecular weight is 327 g/mol. The van der Waals surface area contributed by atoms with Crippen molar-refractivity contribution in [3.05, 3.63) is 65.2 Å². The van der Waals surface area contributed by atoms with Crippen molar-refractivity contribution in [3.63, 3.8) is 0 Å². The Balaban J connectivity index is 1.83. The van der Waals surface area contributed by atoms with Crippen molar-refractivity contribution in [3.8, 4) is 5.75 Å². The van der Waals surface area contributed by atoms with Crippen LogP contribution >= 0.6 is 0 Å². The number of nitrogens with one attached hydrogen (secondary N) is 1. The van der Waals surface area contributed by atoms with Crippen molar-refractivity contribution in [2.75, 3.05) is 7.11 Å². The quantitative estimate of drug-likeness (QED) is 0.773. The second-order valence-corrected chi connectivity index (χ2v) is 5.63. The third-order valence-corrected chi connectivity index (χ3v) is 4.04. The molecule has 4 nitrogen and oxygen atoms in total. The van der Waals surface area contributed by atoms with E-state index in [1.165, 1.54) is 19.2 Å². The molecule has 1 aromatic heterocycles. The molecule has 0 saturated carbocycles. The largest absolute Gasteiger partial charge is 0.494 e. The normalized spacial score (nSPS) is 12.2. The Labute approximate surface area is 139 Å². The van der Waals surface area contributed by atoms with Crippen molar-refractivity contribution in [2.24, 2.45) is 0 Å². The van der Waals surface area contributed by atoms with Gasteiger partial charge in [0.1, 0.15) is 11.3 Å². The molecular formula is C19H18FNO3. The fraction of sp³-hybridized carbons (Fsp3) is 0.211. The van der Waals surface area contributed by atoms with Gasteiger partial charge in [0.15, 0.2) is 11.6 Å². The van der Waals surface area contributed by atoms with Crippen LogP contribution in [0, 0.1) is 12.7 Å². The number of aryl methyl sites for hydroxylation is 1. The summed E-state index contributed by atoms with van der Waals surface area (Å²) in [5.74, 6) is -0.145. The van der Waals surface area contributed by atoms with E-state index in [9.17, 15) is 9.18 Å². The molecule has 0 aliphatic heterocycles. The highest BCUT2D eigenvalue weighted by Gasteiger charge is 2.19. The zero-order chi connectivity index (χ0) is 17.3. The number of benzene rings is 2. The third-order valence-electron chi connectivity index (χ3n) is 4.04. The molecule has 1 N–H and O–H groups in total. The number of hydrogen-bond donors (Lipinski definition) is 1. The summed E-state index contributed by atoms with van der Waals surface area (Å²) >= 11 is 0. The molecule has 0 spiro atoms. The molecule has 0 radical (unpaired) electrons. The van der Waals surface area contributed by atoms with Crippen molar-refractivity contribution >= 4 is 16.9 Å². The van der Waals surface area contributed by atoms with Gasteiger partial charge in [-0.3, -0.25) is 4.79 Å². The summed E-state index contributed by atoms with van der Waals surface area (Å²) in [7, 11) is 1.38. The van der Waals surface area contributed by atoms with Crippen LogP contribution in [0.4, 0.5) is 4.39 Å². The van der Waals surface area contributed by atoms with Gasteiger partial charge in [-0.1, -0.05) is 18.2 Å². The van der Waals surface area contributed by atoms with E-state index in [1.54, 1.807) is 0 Å². The molecular weight excluding hydrogens is 309 g/mol. The van der Waals surface area contributed by atoms with Crippen molar-refractivity contribution in [1.82, 2.24) is 5.32 Å². The Kier molecular flexibility index (Phi) is 4.25. The number of rotatable bonds is 4. The second-order valence-electron chi connectivity index (χ2n) is 5.63. The van der Waals surface area contributed by atoms with Crippen LogP contribution in [0.1, 0.15) is 34.6 Å². The number of amides is 1. The van der Waals surface area contributed by atoms with Gasteiger partial charge in [-0.05, 0) is 38.1 Å². The summed E-state index contributed by atoms with van der Waals surface area (Å²) in [6.45, 7) is 3.79. The van der Waals surface area contributed by atoms with Crippen LogP contribution in [-0.2, 0) is 0 Å². The Morgan fingerprint density at radius 1 is 1.25 bits per heavy atom. The molecule has 3 rings (SSSR count). The van der Waals surface area contributed by atoms with Crippen LogP contribution in [0.3, 0.4) is 0 Å². The van der Waals surface area contributed by atoms with E-state index in [1.807, 2.05) is 38.1 Å². The van der Waals surface area contributed by atoms with Gasteiger partial charge in [0.05, 0.1) is 13.2 Å². The first-order valence-corrected chi connectivity index (χ1v) is 7.63. The number of halogens is 1. The van der Waals surface area contributed by atoms with Crippen LogP contribution in [0.15, 0.2) is 46.9 Å². The van der Waals surface area contributed by atoms with E-state index in [4.69, 9.17) is 9.15 Å². The first-order valence-electron chi connectivity index (χ1n) is 7.63. The summed E-state index contributed by atoms with van der Waals surface area (Å²) in [6, 6.07) is 11.5. The van der Waals surface area contributed by atoms with Crippen LogP contribution < -0.4 is 10.1 Å². The number of para-hydroxylation sites is 1. The van der Waals surface area contributed by atoms with E-state index in [0.29, 0.717) is 5.76 Å². The number of methoxy groups -OCH3 is 1. The molecule has 1 atom stereocenters. The van der Waals surface area contributed by atoms with Crippen LogP contribution in [0.2, 0.25) is 0 Å². The predicted molar refractivity (Wildman–Crippen MR) is 89.8 cm³/mol. The van der Waals surface area contributed by atoms with E-state index < -0.39 is 5.82 Å². The Hall–Kier alpha value is -2.82. The lowest BCUT2D eigenvalue weighted by Crippen LogP contribution is -2.26. The average Bonchev–Trinajstić information content (AvgIpc) is 2.92. The molecule has 0 bridgehead atoms. The number of furan rings is 1. The topological polar surface area (TPSA) is 51.5 Å². The smallest absolute Gasteiger partial charge is 0.251 e. The zero-order valence-corrected chi connectivity index (χ0v) is 13.7. The lowest BCUT2D eigenvalue weighted by atomic mass is 10.1. The third kappa shape index (κ3) is 2.85. The monoisotopic (exact) mass is 327 g/mol. The van der Waals surface area contributed by atoms with E-state index in [0.717, 1.165) is 22.6 Å². The number of carbonyl (C=O) groups is 1. The van der Waals surface area contributed by atoms with Crippen LogP contribution in [0.25, 0.3) is 11.0 Å². The maximum Gasteiger partial charge on any atom is 0.251 e. The standard InChI is InChI=1S/C19H18FNO3/c1-11-14-6-4-5-7-16(14)24-18(11)12(2)21-19(22)13-8-9-17(23-3)15(20)10-13/h4-10,12H,1-3H3,(H,21,22). The molecule has 1 heterocycles. The number of ether oxygens (including phenoxy) is 1. The summed E-state index contributed by atoms with van der Waals surface area (Å²) < 4.78 is 24.5. The molecule has 124 valence electrons. The highest BCUT2D eigenvalue weighted by atomic mass is 19.1. The van der Waals surface area contributed by atoms with E-state index >= 15 is 0 Å². The molecule has 0 aliphatic rings. The molecule has 1 unspecified atom stereocenters. The minimum absolute atomic E-state index is 0.104. The fourth-order valence-electron chi connectivity index (χ4n) is 2.76. The molecule has 24 heavy (non-hydrogen) atoms. The fourth-order valence-corrected chi connectivity index (χ4v) is 2.76. The minimum atomic E-state index is -0.572. The summed E-state index contributed by atoms with van der Waals surface area (Å²) in [6.07, 6.45) is 0. The Bertz CT molecular complexity index is 901. The lowest BCUT2D eigenvalue weighted by Gasteiger charge is -2.13. The highest BCUT2D eigenvalue weighted by molar-refractivity contribution is 5.94. The molecule has 0 aliphatic carbocycles. The maximum absolute atomic E-state index is 13.8. The first kappa shape index (κ1) is 16.1. The van der Waals surface area contributed by atoms with Crippen molar-refractivity contribution in [2.45, 2.75) is 19.9 Å². The lowest BCUT2D eigenvalue weighted by molar-refractivity contribution is 0.0935. The summed E-state index contributed by atoms with van der Waals surface area (Å²) in [4.78, 5) is 12.3. The molecule has 0 fully saturated rings. The minimum Gasteiger partial charge on any atom is -0.494 e. The number of hydrogen-bond acceptors (Lipinski definition) is 3. The Morgan fingerprint density at radius 3 is 2.67 bits per heavy atom. The SMILES string of the molecule is COc1ccc(C(=O)NC(C)c2oc3ccccc3c2C)cc1F. The highest BCUT2D eigenvalue weighted by Crippen LogP contribution is 2.29. The maximum atomic E-state index is 13.8. The van der Waals surface area contributed by atoms with Gasteiger partial charge in [0, 0.05) is 16.5 Å². The van der Waals surface area contributed by atoms with Crippen molar-refractivity contribution in [1.29, 1.82) is 0 Å². The molecule has 3 aromatic rings. The summed E-state index contributed by atoms with van der Waals surface area (Å²) in [5.41, 5.74) is 2.00. The first-order chi connectivity index (χ1) is 11.5. The zero-order valence-electron chi connectivity index (χ0n) is 13.7. The van der Waals surface area contributed by atoms with Gasteiger partial charge in [0.2, 0.25) is 0 Å². The van der Waals surface area contributed by atoms with Gasteiger partial charge in [0.25, 0.3) is 5.91 Å². The van der Waals surface area contributed by atoms with Gasteiger partial charge >= 0.3 is 0 Å². The van der Waals surface area contributed by atoms with Crippen LogP contribution in [-0.4, -0.2) is 13.0 Å². The van der Waals surface area contributed by atoms with Gasteiger partial charge < -0.3 is 14.5 Å². The van der Waals surface area contributed by atoms with E-state index in [2.05, 4.69) is 5.32 Å². The van der Waals surface area contributed by atoms with Crippen molar-refractivity contribution < 1.29 is 18.3 Å². The molecule has 1 amide bonds. The van der Waals surface area contributed by atoms with Gasteiger partial charge in [-0.2, -0.15) is 0 Å². The van der Waals surface area contributed by atoms with Crippen LogP contribution in [0.5, 0.6) is 5.75 Å². The van der Waals surface area contributed by atoms with Gasteiger partial charge in [-0.15, -0.1) is 0 Å². The summed E-state index contributed by atoms with van der Waals surface area (Å²) in [5, 5.41) is 3.86. The number of carbonyl (C=O) groups excluding carboxylic acids is 1. The molecule has 2 aromatic carbocycles. The second kappa shape index (κ2) is 6.35. The number of fused-ring (bicyclic) bond motifs is 1. The molecule has 5 heteroatoms.